The van der Waals surface area contributed by atoms with Crippen molar-refractivity contribution >= 4 is 12.3 Å². The molecule has 1 unspecified atom stereocenters. The third kappa shape index (κ3) is 2.94. The summed E-state index contributed by atoms with van der Waals surface area (Å²) >= 11 is 0. The Balaban J connectivity index is 2.62. The van der Waals surface area contributed by atoms with Crippen molar-refractivity contribution in [3.63, 3.8) is 0 Å². The number of urea groups is 1. The highest BCUT2D eigenvalue weighted by atomic mass is 16.2. The molecule has 0 aromatic heterocycles. The van der Waals surface area contributed by atoms with Crippen molar-refractivity contribution in [1.29, 1.82) is 0 Å². The molecule has 0 spiro atoms. The molecule has 1 saturated carbocycles. The monoisotopic (exact) mass is 212 g/mol. The van der Waals surface area contributed by atoms with Gasteiger partial charge in [-0.05, 0) is 18.3 Å². The predicted octanol–water partition coefficient (Wildman–Crippen LogP) is 1.45. The number of nitrogens with one attached hydrogen (secondary N) is 2. The van der Waals surface area contributed by atoms with E-state index < -0.39 is 0 Å². The molecule has 2 N–H and O–H groups in total. The van der Waals surface area contributed by atoms with Gasteiger partial charge in [0.15, 0.2) is 0 Å². The molecule has 0 heterocycles. The molecule has 0 radical (unpaired) electrons. The highest BCUT2D eigenvalue weighted by molar-refractivity contribution is 5.78. The maximum atomic E-state index is 11.2. The molecule has 0 aromatic carbocycles. The number of carbonyl (C=O) groups excluding carboxylic acids is 2. The minimum Gasteiger partial charge on any atom is -0.341 e. The molecule has 1 aliphatic rings. The lowest BCUT2D eigenvalue weighted by Gasteiger charge is -2.38. The van der Waals surface area contributed by atoms with Crippen LogP contribution in [0, 0.1) is 5.41 Å². The smallest absolute Gasteiger partial charge is 0.315 e. The first-order valence-electron chi connectivity index (χ1n) is 5.56. The zero-order valence-corrected chi connectivity index (χ0v) is 9.51. The van der Waals surface area contributed by atoms with Crippen LogP contribution in [0.2, 0.25) is 0 Å². The van der Waals surface area contributed by atoms with Crippen LogP contribution in [-0.4, -0.2) is 25.4 Å². The van der Waals surface area contributed by atoms with Crippen molar-refractivity contribution in [2.45, 2.75) is 45.1 Å². The molecule has 15 heavy (non-hydrogen) atoms. The molecule has 1 atom stereocenters. The average molecular weight is 212 g/mol. The zero-order valence-electron chi connectivity index (χ0n) is 9.51. The third-order valence-electron chi connectivity index (χ3n) is 3.40. The van der Waals surface area contributed by atoms with Crippen molar-refractivity contribution < 1.29 is 9.59 Å². The van der Waals surface area contributed by atoms with Crippen LogP contribution in [0.1, 0.15) is 39.0 Å². The standard InChI is InChI=1S/C11H20N2O2/c1-11(6-4-3-5-7-11)9(8-14)13-10(15)12-2/h8-9H,3-7H2,1-2H3,(H2,12,13,15). The van der Waals surface area contributed by atoms with E-state index in [2.05, 4.69) is 17.6 Å². The molecular formula is C11H20N2O2. The molecule has 4 heteroatoms. The number of hydrogen-bond donors (Lipinski definition) is 2. The largest absolute Gasteiger partial charge is 0.341 e. The van der Waals surface area contributed by atoms with Gasteiger partial charge in [-0.1, -0.05) is 26.2 Å². The van der Waals surface area contributed by atoms with Crippen LogP contribution >= 0.6 is 0 Å². The molecule has 86 valence electrons. The molecule has 1 fully saturated rings. The minimum atomic E-state index is -0.363. The van der Waals surface area contributed by atoms with E-state index in [0.717, 1.165) is 32.0 Å². The van der Waals surface area contributed by atoms with Crippen LogP contribution in [0.5, 0.6) is 0 Å². The molecular weight excluding hydrogens is 192 g/mol. The van der Waals surface area contributed by atoms with Crippen molar-refractivity contribution in [3.8, 4) is 0 Å². The SMILES string of the molecule is CNC(=O)NC(C=O)C1(C)CCCCC1. The summed E-state index contributed by atoms with van der Waals surface area (Å²) in [6.07, 6.45) is 6.43. The van der Waals surface area contributed by atoms with E-state index in [4.69, 9.17) is 0 Å². The Morgan fingerprint density at radius 1 is 1.33 bits per heavy atom. The maximum Gasteiger partial charge on any atom is 0.315 e. The van der Waals surface area contributed by atoms with Gasteiger partial charge in [0.25, 0.3) is 0 Å². The lowest BCUT2D eigenvalue weighted by molar-refractivity contribution is -0.112. The van der Waals surface area contributed by atoms with E-state index in [1.54, 1.807) is 7.05 Å². The summed E-state index contributed by atoms with van der Waals surface area (Å²) in [6.45, 7) is 2.08. The summed E-state index contributed by atoms with van der Waals surface area (Å²) in [5, 5.41) is 5.19. The van der Waals surface area contributed by atoms with Gasteiger partial charge in [-0.25, -0.2) is 4.79 Å². The third-order valence-corrected chi connectivity index (χ3v) is 3.40. The number of hydrogen-bond acceptors (Lipinski definition) is 2. The summed E-state index contributed by atoms with van der Waals surface area (Å²) in [5.41, 5.74) is -0.0630. The van der Waals surface area contributed by atoms with Gasteiger partial charge < -0.3 is 15.4 Å². The summed E-state index contributed by atoms with van der Waals surface area (Å²) in [4.78, 5) is 22.2. The number of rotatable bonds is 3. The number of carbonyl (C=O) groups is 2. The Bertz CT molecular complexity index is 235. The molecule has 4 nitrogen and oxygen atoms in total. The van der Waals surface area contributed by atoms with Crippen molar-refractivity contribution in [2.24, 2.45) is 5.41 Å². The van der Waals surface area contributed by atoms with Crippen LogP contribution < -0.4 is 10.6 Å². The quantitative estimate of drug-likeness (QED) is 0.696. The molecule has 1 rings (SSSR count). The lowest BCUT2D eigenvalue weighted by Crippen LogP contribution is -2.50. The highest BCUT2D eigenvalue weighted by Crippen LogP contribution is 2.38. The van der Waals surface area contributed by atoms with Crippen LogP contribution in [0.4, 0.5) is 4.79 Å². The van der Waals surface area contributed by atoms with Gasteiger partial charge in [-0.2, -0.15) is 0 Å². The summed E-state index contributed by atoms with van der Waals surface area (Å²) in [5.74, 6) is 0. The van der Waals surface area contributed by atoms with Gasteiger partial charge in [0.2, 0.25) is 0 Å². The van der Waals surface area contributed by atoms with Gasteiger partial charge in [-0.3, -0.25) is 0 Å². The lowest BCUT2D eigenvalue weighted by atomic mass is 9.71. The Labute approximate surface area is 90.8 Å². The summed E-state index contributed by atoms with van der Waals surface area (Å²) < 4.78 is 0. The first kappa shape index (κ1) is 12.0. The fourth-order valence-corrected chi connectivity index (χ4v) is 2.26. The Morgan fingerprint density at radius 2 is 1.93 bits per heavy atom. The normalized spacial score (nSPS) is 21.5. The second-order valence-corrected chi connectivity index (χ2v) is 4.55. The molecule has 2 amide bonds. The van der Waals surface area contributed by atoms with Gasteiger partial charge in [0.1, 0.15) is 6.29 Å². The van der Waals surface area contributed by atoms with E-state index >= 15 is 0 Å². The van der Waals surface area contributed by atoms with Crippen LogP contribution in [0.25, 0.3) is 0 Å². The Kier molecular flexibility index (Phi) is 4.12. The van der Waals surface area contributed by atoms with E-state index in [-0.39, 0.29) is 17.5 Å². The fourth-order valence-electron chi connectivity index (χ4n) is 2.26. The van der Waals surface area contributed by atoms with Crippen molar-refractivity contribution in [3.05, 3.63) is 0 Å². The fraction of sp³-hybridized carbons (Fsp3) is 0.818. The predicted molar refractivity (Wildman–Crippen MR) is 58.6 cm³/mol. The zero-order chi connectivity index (χ0) is 11.3. The molecule has 0 aliphatic heterocycles. The Hall–Kier alpha value is -1.06. The van der Waals surface area contributed by atoms with Crippen molar-refractivity contribution in [1.82, 2.24) is 10.6 Å². The minimum absolute atomic E-state index is 0.0630. The first-order chi connectivity index (χ1) is 7.12. The Morgan fingerprint density at radius 3 is 2.40 bits per heavy atom. The van der Waals surface area contributed by atoms with E-state index in [1.807, 2.05) is 0 Å². The molecule has 0 saturated heterocycles. The van der Waals surface area contributed by atoms with Gasteiger partial charge in [-0.15, -0.1) is 0 Å². The van der Waals surface area contributed by atoms with Crippen LogP contribution in [-0.2, 0) is 4.79 Å². The number of aldehydes is 1. The molecule has 0 bridgehead atoms. The van der Waals surface area contributed by atoms with E-state index in [0.29, 0.717) is 0 Å². The topological polar surface area (TPSA) is 58.2 Å². The van der Waals surface area contributed by atoms with E-state index in [9.17, 15) is 9.59 Å². The maximum absolute atomic E-state index is 11.2. The van der Waals surface area contributed by atoms with E-state index in [1.165, 1.54) is 6.42 Å². The second-order valence-electron chi connectivity index (χ2n) is 4.55. The molecule has 0 aromatic rings. The summed E-state index contributed by atoms with van der Waals surface area (Å²) in [6, 6.07) is -0.642. The summed E-state index contributed by atoms with van der Waals surface area (Å²) in [7, 11) is 1.56. The van der Waals surface area contributed by atoms with Crippen LogP contribution in [0.15, 0.2) is 0 Å². The van der Waals surface area contributed by atoms with Crippen LogP contribution in [0.3, 0.4) is 0 Å². The van der Waals surface area contributed by atoms with Gasteiger partial charge >= 0.3 is 6.03 Å². The van der Waals surface area contributed by atoms with Gasteiger partial charge in [0.05, 0.1) is 6.04 Å². The average Bonchev–Trinajstić information content (AvgIpc) is 2.26. The first-order valence-corrected chi connectivity index (χ1v) is 5.56. The highest BCUT2D eigenvalue weighted by Gasteiger charge is 2.36. The second kappa shape index (κ2) is 5.14. The number of amides is 2. The van der Waals surface area contributed by atoms with Gasteiger partial charge in [0, 0.05) is 7.05 Å². The molecule has 1 aliphatic carbocycles. The van der Waals surface area contributed by atoms with Crippen molar-refractivity contribution in [2.75, 3.05) is 7.05 Å².